The number of benzene rings is 1. The average molecular weight is 485 g/mol. The van der Waals surface area contributed by atoms with Gasteiger partial charge in [-0.3, -0.25) is 4.79 Å². The number of carboxylic acid groups (broad SMARTS) is 1. The van der Waals surface area contributed by atoms with E-state index in [2.05, 4.69) is 15.9 Å². The van der Waals surface area contributed by atoms with Crippen molar-refractivity contribution in [2.45, 2.75) is 67.1 Å². The summed E-state index contributed by atoms with van der Waals surface area (Å²) in [6.45, 7) is 0. The monoisotopic (exact) mass is 484 g/mol. The molecule has 3 rings (SSSR count). The lowest BCUT2D eigenvalue weighted by Gasteiger charge is -2.21. The fourth-order valence-electron chi connectivity index (χ4n) is 4.04. The van der Waals surface area contributed by atoms with Crippen LogP contribution >= 0.6 is 15.9 Å². The van der Waals surface area contributed by atoms with Gasteiger partial charge < -0.3 is 9.84 Å². The Bertz CT molecular complexity index is 849. The molecular formula is C18H20BrF3O5S. The van der Waals surface area contributed by atoms with Gasteiger partial charge in [0.05, 0.1) is 33.8 Å². The SMILES string of the molecule is O=C(O)[C@H]1C[C@H](S(=O)(=O)c2ccc(Br)cc2C(F)(F)F)C[C@@H]1OC1CCCC1. The van der Waals surface area contributed by atoms with Gasteiger partial charge in [0.25, 0.3) is 0 Å². The normalized spacial score (nSPS) is 26.6. The van der Waals surface area contributed by atoms with Gasteiger partial charge in [0.15, 0.2) is 9.84 Å². The highest BCUT2D eigenvalue weighted by molar-refractivity contribution is 9.10. The lowest BCUT2D eigenvalue weighted by Crippen LogP contribution is -2.28. The molecule has 10 heteroatoms. The maximum Gasteiger partial charge on any atom is 0.417 e. The summed E-state index contributed by atoms with van der Waals surface area (Å²) in [7, 11) is -4.39. The summed E-state index contributed by atoms with van der Waals surface area (Å²) in [4.78, 5) is 10.8. The molecule has 0 radical (unpaired) electrons. The lowest BCUT2D eigenvalue weighted by atomic mass is 10.1. The highest BCUT2D eigenvalue weighted by atomic mass is 79.9. The number of carbonyl (C=O) groups is 1. The van der Waals surface area contributed by atoms with Crippen LogP contribution in [-0.4, -0.2) is 37.0 Å². The molecule has 0 aliphatic heterocycles. The summed E-state index contributed by atoms with van der Waals surface area (Å²) in [5.74, 6) is -2.24. The van der Waals surface area contributed by atoms with E-state index >= 15 is 0 Å². The summed E-state index contributed by atoms with van der Waals surface area (Å²) in [6.07, 6.45) is -2.68. The molecule has 2 fully saturated rings. The van der Waals surface area contributed by atoms with Gasteiger partial charge in [-0.2, -0.15) is 13.2 Å². The third kappa shape index (κ3) is 4.38. The number of ether oxygens (including phenoxy) is 1. The Labute approximate surface area is 169 Å². The van der Waals surface area contributed by atoms with E-state index in [-0.39, 0.29) is 23.4 Å². The van der Waals surface area contributed by atoms with Gasteiger partial charge in [-0.1, -0.05) is 28.8 Å². The zero-order valence-electron chi connectivity index (χ0n) is 14.8. The number of carboxylic acids is 1. The first-order chi connectivity index (χ1) is 13.0. The van der Waals surface area contributed by atoms with Crippen molar-refractivity contribution in [3.05, 3.63) is 28.2 Å². The van der Waals surface area contributed by atoms with E-state index in [0.717, 1.165) is 37.8 Å². The van der Waals surface area contributed by atoms with Crippen LogP contribution in [0.1, 0.15) is 44.1 Å². The minimum Gasteiger partial charge on any atom is -0.481 e. The Morgan fingerprint density at radius 3 is 2.39 bits per heavy atom. The van der Waals surface area contributed by atoms with Crippen LogP contribution in [-0.2, 0) is 25.5 Å². The summed E-state index contributed by atoms with van der Waals surface area (Å²) in [6, 6.07) is 2.88. The minimum atomic E-state index is -4.85. The van der Waals surface area contributed by atoms with E-state index in [4.69, 9.17) is 4.74 Å². The maximum absolute atomic E-state index is 13.4. The number of rotatable bonds is 5. The first-order valence-electron chi connectivity index (χ1n) is 8.99. The Kier molecular flexibility index (Phi) is 6.12. The predicted molar refractivity (Wildman–Crippen MR) is 97.6 cm³/mol. The first kappa shape index (κ1) is 21.6. The molecular weight excluding hydrogens is 465 g/mol. The molecule has 1 aromatic rings. The van der Waals surface area contributed by atoms with Gasteiger partial charge in [0, 0.05) is 4.47 Å². The van der Waals surface area contributed by atoms with Crippen molar-refractivity contribution in [2.24, 2.45) is 5.92 Å². The highest BCUT2D eigenvalue weighted by Crippen LogP contribution is 2.42. The molecule has 3 atom stereocenters. The van der Waals surface area contributed by atoms with Crippen LogP contribution in [0.2, 0.25) is 0 Å². The molecule has 1 aromatic carbocycles. The quantitative estimate of drug-likeness (QED) is 0.668. The van der Waals surface area contributed by atoms with Crippen LogP contribution in [0.15, 0.2) is 27.6 Å². The number of hydrogen-bond acceptors (Lipinski definition) is 4. The largest absolute Gasteiger partial charge is 0.481 e. The Balaban J connectivity index is 1.91. The molecule has 1 N–H and O–H groups in total. The molecule has 0 unspecified atom stereocenters. The van der Waals surface area contributed by atoms with E-state index in [0.29, 0.717) is 0 Å². The standard InChI is InChI=1S/C18H20BrF3O5S/c19-10-5-6-16(14(7-10)18(20,21)22)28(25,26)12-8-13(17(23)24)15(9-12)27-11-3-1-2-4-11/h5-7,11-13,15H,1-4,8-9H2,(H,23,24)/t12-,13-,15-/m0/s1. The van der Waals surface area contributed by atoms with Gasteiger partial charge in [-0.25, -0.2) is 8.42 Å². The van der Waals surface area contributed by atoms with Gasteiger partial charge in [0.1, 0.15) is 0 Å². The molecule has 0 bridgehead atoms. The van der Waals surface area contributed by atoms with Crippen LogP contribution in [0.25, 0.3) is 0 Å². The topological polar surface area (TPSA) is 80.7 Å². The second kappa shape index (κ2) is 7.95. The number of alkyl halides is 3. The van der Waals surface area contributed by atoms with Crippen molar-refractivity contribution in [3.63, 3.8) is 0 Å². The Hall–Kier alpha value is -1.13. The van der Waals surface area contributed by atoms with Crippen LogP contribution in [0, 0.1) is 5.92 Å². The molecule has 0 heterocycles. The van der Waals surface area contributed by atoms with Crippen LogP contribution in [0.3, 0.4) is 0 Å². The van der Waals surface area contributed by atoms with Crippen molar-refractivity contribution >= 4 is 31.7 Å². The Morgan fingerprint density at radius 2 is 1.82 bits per heavy atom. The zero-order valence-corrected chi connectivity index (χ0v) is 17.2. The van der Waals surface area contributed by atoms with Crippen molar-refractivity contribution in [1.29, 1.82) is 0 Å². The van der Waals surface area contributed by atoms with Gasteiger partial charge in [0.2, 0.25) is 0 Å². The molecule has 0 saturated heterocycles. The van der Waals surface area contributed by atoms with Gasteiger partial charge in [-0.15, -0.1) is 0 Å². The van der Waals surface area contributed by atoms with Crippen molar-refractivity contribution in [2.75, 3.05) is 0 Å². The number of sulfone groups is 1. The van der Waals surface area contributed by atoms with Crippen LogP contribution < -0.4 is 0 Å². The fraction of sp³-hybridized carbons (Fsp3) is 0.611. The van der Waals surface area contributed by atoms with E-state index in [1.807, 2.05) is 0 Å². The third-order valence-corrected chi connectivity index (χ3v) is 8.16. The van der Waals surface area contributed by atoms with Crippen molar-refractivity contribution in [1.82, 2.24) is 0 Å². The maximum atomic E-state index is 13.4. The molecule has 5 nitrogen and oxygen atoms in total. The third-order valence-electron chi connectivity index (χ3n) is 5.44. The van der Waals surface area contributed by atoms with Gasteiger partial charge >= 0.3 is 12.1 Å². The second-order valence-corrected chi connectivity index (χ2v) is 10.4. The van der Waals surface area contributed by atoms with E-state index < -0.39 is 49.7 Å². The highest BCUT2D eigenvalue weighted by Gasteiger charge is 2.48. The van der Waals surface area contributed by atoms with E-state index in [9.17, 15) is 31.5 Å². The molecule has 0 amide bonds. The average Bonchev–Trinajstić information content (AvgIpc) is 3.24. The first-order valence-corrected chi connectivity index (χ1v) is 11.3. The van der Waals surface area contributed by atoms with Gasteiger partial charge in [-0.05, 0) is 43.9 Å². The van der Waals surface area contributed by atoms with Crippen LogP contribution in [0.4, 0.5) is 13.2 Å². The molecule has 0 aromatic heterocycles. The summed E-state index contributed by atoms with van der Waals surface area (Å²) in [5.41, 5.74) is -1.26. The summed E-state index contributed by atoms with van der Waals surface area (Å²) in [5, 5.41) is 8.24. The number of halogens is 4. The van der Waals surface area contributed by atoms with Crippen LogP contribution in [0.5, 0.6) is 0 Å². The molecule has 2 aliphatic carbocycles. The number of aliphatic carboxylic acids is 1. The van der Waals surface area contributed by atoms with Crippen molar-refractivity contribution in [3.8, 4) is 0 Å². The minimum absolute atomic E-state index is 0.107. The second-order valence-electron chi connectivity index (χ2n) is 7.30. The zero-order chi connectivity index (χ0) is 20.7. The summed E-state index contributed by atoms with van der Waals surface area (Å²) < 4.78 is 72.1. The molecule has 2 saturated carbocycles. The van der Waals surface area contributed by atoms with E-state index in [1.54, 1.807) is 0 Å². The summed E-state index contributed by atoms with van der Waals surface area (Å²) >= 11 is 2.93. The lowest BCUT2D eigenvalue weighted by molar-refractivity contribution is -0.147. The van der Waals surface area contributed by atoms with E-state index in [1.165, 1.54) is 6.07 Å². The molecule has 28 heavy (non-hydrogen) atoms. The smallest absolute Gasteiger partial charge is 0.417 e. The molecule has 156 valence electrons. The number of hydrogen-bond donors (Lipinski definition) is 1. The fourth-order valence-corrected chi connectivity index (χ4v) is 6.40. The van der Waals surface area contributed by atoms with Crippen molar-refractivity contribution < 1.29 is 36.2 Å². The Morgan fingerprint density at radius 1 is 1.18 bits per heavy atom. The predicted octanol–water partition coefficient (Wildman–Crippen LogP) is 4.43. The molecule has 0 spiro atoms. The molecule has 2 aliphatic rings.